The molecule has 2 fully saturated rings. The van der Waals surface area contributed by atoms with Crippen LogP contribution in [0.1, 0.15) is 31.0 Å². The van der Waals surface area contributed by atoms with Gasteiger partial charge in [0, 0.05) is 52.1 Å². The van der Waals surface area contributed by atoms with Crippen molar-refractivity contribution >= 4 is 15.9 Å². The fourth-order valence-electron chi connectivity index (χ4n) is 3.88. The zero-order chi connectivity index (χ0) is 21.8. The third-order valence-electron chi connectivity index (χ3n) is 5.67. The van der Waals surface area contributed by atoms with Gasteiger partial charge in [0.25, 0.3) is 0 Å². The van der Waals surface area contributed by atoms with Crippen LogP contribution in [0.4, 0.5) is 4.39 Å². The minimum atomic E-state index is -3.64. The molecule has 0 bridgehead atoms. The molecule has 9 nitrogen and oxygen atoms in total. The molecule has 31 heavy (non-hydrogen) atoms. The summed E-state index contributed by atoms with van der Waals surface area (Å²) in [5.74, 6) is 0.623. The number of amides is 1. The molecule has 0 aliphatic carbocycles. The molecule has 0 saturated carbocycles. The number of halogens is 1. The average Bonchev–Trinajstić information content (AvgIpc) is 3.45. The Morgan fingerprint density at radius 2 is 1.71 bits per heavy atom. The number of benzene rings is 1. The molecule has 0 N–H and O–H groups in total. The molecule has 168 valence electrons. The quantitative estimate of drug-likeness (QED) is 0.625. The molecule has 1 aromatic heterocycles. The zero-order valence-corrected chi connectivity index (χ0v) is 18.1. The molecule has 1 aromatic carbocycles. The van der Waals surface area contributed by atoms with Gasteiger partial charge in [0.2, 0.25) is 21.8 Å². The SMILES string of the molecule is O=C(CCc1nc(CN2CCN(S(=O)(=O)c3ccc(F)cc3)CC2)no1)N1CCCC1. The Hall–Kier alpha value is -2.37. The second kappa shape index (κ2) is 9.41. The number of nitrogens with zero attached hydrogens (tertiary/aromatic N) is 5. The van der Waals surface area contributed by atoms with Crippen LogP contribution in [-0.2, 0) is 27.8 Å². The van der Waals surface area contributed by atoms with Crippen LogP contribution in [0.3, 0.4) is 0 Å². The normalized spacial score (nSPS) is 18.5. The summed E-state index contributed by atoms with van der Waals surface area (Å²) in [6, 6.07) is 4.87. The molecular weight excluding hydrogens is 425 g/mol. The Balaban J connectivity index is 1.25. The van der Waals surface area contributed by atoms with Crippen LogP contribution < -0.4 is 0 Å². The molecule has 0 unspecified atom stereocenters. The van der Waals surface area contributed by atoms with Gasteiger partial charge in [-0.15, -0.1) is 0 Å². The number of carbonyl (C=O) groups excluding carboxylic acids is 1. The Labute approximate surface area is 180 Å². The third-order valence-corrected chi connectivity index (χ3v) is 7.58. The van der Waals surface area contributed by atoms with Crippen LogP contribution in [0.2, 0.25) is 0 Å². The molecule has 2 saturated heterocycles. The summed E-state index contributed by atoms with van der Waals surface area (Å²) in [4.78, 5) is 20.5. The molecule has 0 spiro atoms. The molecule has 0 radical (unpaired) electrons. The highest BCUT2D eigenvalue weighted by Crippen LogP contribution is 2.19. The summed E-state index contributed by atoms with van der Waals surface area (Å²) in [5, 5.41) is 3.99. The maximum Gasteiger partial charge on any atom is 0.243 e. The molecule has 2 aliphatic heterocycles. The van der Waals surface area contributed by atoms with Crippen molar-refractivity contribution in [3.8, 4) is 0 Å². The Morgan fingerprint density at radius 3 is 2.39 bits per heavy atom. The van der Waals surface area contributed by atoms with E-state index in [-0.39, 0.29) is 10.8 Å². The largest absolute Gasteiger partial charge is 0.343 e. The number of piperazine rings is 1. The fourth-order valence-corrected chi connectivity index (χ4v) is 5.30. The molecular formula is C20H26FN5O4S. The Bertz CT molecular complexity index is 997. The highest BCUT2D eigenvalue weighted by atomic mass is 32.2. The number of carbonyl (C=O) groups is 1. The van der Waals surface area contributed by atoms with Crippen molar-refractivity contribution in [3.63, 3.8) is 0 Å². The van der Waals surface area contributed by atoms with Gasteiger partial charge in [-0.3, -0.25) is 9.69 Å². The van der Waals surface area contributed by atoms with Gasteiger partial charge in [0.15, 0.2) is 5.82 Å². The van der Waals surface area contributed by atoms with Gasteiger partial charge in [-0.05, 0) is 37.1 Å². The first kappa shape index (κ1) is 21.8. The zero-order valence-electron chi connectivity index (χ0n) is 17.2. The highest BCUT2D eigenvalue weighted by Gasteiger charge is 2.29. The maximum absolute atomic E-state index is 13.1. The van der Waals surface area contributed by atoms with E-state index in [1.807, 2.05) is 4.90 Å². The van der Waals surface area contributed by atoms with E-state index in [0.29, 0.717) is 57.3 Å². The fraction of sp³-hybridized carbons (Fsp3) is 0.550. The Morgan fingerprint density at radius 1 is 1.03 bits per heavy atom. The minimum absolute atomic E-state index is 0.0913. The summed E-state index contributed by atoms with van der Waals surface area (Å²) in [6.45, 7) is 3.82. The number of aromatic nitrogens is 2. The van der Waals surface area contributed by atoms with Crippen molar-refractivity contribution in [1.29, 1.82) is 0 Å². The van der Waals surface area contributed by atoms with Gasteiger partial charge in [-0.25, -0.2) is 12.8 Å². The first-order valence-corrected chi connectivity index (χ1v) is 11.9. The second-order valence-corrected chi connectivity index (χ2v) is 9.76. The van der Waals surface area contributed by atoms with Gasteiger partial charge >= 0.3 is 0 Å². The van der Waals surface area contributed by atoms with Crippen molar-refractivity contribution in [3.05, 3.63) is 41.8 Å². The van der Waals surface area contributed by atoms with Gasteiger partial charge in [-0.1, -0.05) is 5.16 Å². The first-order valence-electron chi connectivity index (χ1n) is 10.5. The van der Waals surface area contributed by atoms with Crippen molar-refractivity contribution < 1.29 is 22.1 Å². The minimum Gasteiger partial charge on any atom is -0.343 e. The van der Waals surface area contributed by atoms with Crippen LogP contribution in [0.5, 0.6) is 0 Å². The lowest BCUT2D eigenvalue weighted by Gasteiger charge is -2.33. The van der Waals surface area contributed by atoms with Crippen LogP contribution >= 0.6 is 0 Å². The number of rotatable bonds is 7. The van der Waals surface area contributed by atoms with Crippen molar-refractivity contribution in [2.75, 3.05) is 39.3 Å². The summed E-state index contributed by atoms with van der Waals surface area (Å²) < 4.78 is 45.2. The summed E-state index contributed by atoms with van der Waals surface area (Å²) in [5.41, 5.74) is 0. The van der Waals surface area contributed by atoms with E-state index in [4.69, 9.17) is 4.52 Å². The first-order chi connectivity index (χ1) is 14.9. The topological polar surface area (TPSA) is 99.9 Å². The van der Waals surface area contributed by atoms with Gasteiger partial charge in [-0.2, -0.15) is 9.29 Å². The van der Waals surface area contributed by atoms with E-state index in [9.17, 15) is 17.6 Å². The van der Waals surface area contributed by atoms with Crippen LogP contribution in [-0.4, -0.2) is 77.8 Å². The average molecular weight is 452 g/mol. The molecule has 1 amide bonds. The number of hydrogen-bond donors (Lipinski definition) is 0. The maximum atomic E-state index is 13.1. The summed E-state index contributed by atoms with van der Waals surface area (Å²) in [6.07, 6.45) is 2.91. The molecule has 4 rings (SSSR count). The van der Waals surface area contributed by atoms with E-state index < -0.39 is 15.8 Å². The predicted octanol–water partition coefficient (Wildman–Crippen LogP) is 1.27. The van der Waals surface area contributed by atoms with E-state index in [1.54, 1.807) is 0 Å². The third kappa shape index (κ3) is 5.28. The van der Waals surface area contributed by atoms with Gasteiger partial charge in [0.1, 0.15) is 5.82 Å². The lowest BCUT2D eigenvalue weighted by molar-refractivity contribution is -0.130. The van der Waals surface area contributed by atoms with Crippen LogP contribution in [0.25, 0.3) is 0 Å². The number of likely N-dealkylation sites (tertiary alicyclic amines) is 1. The van der Waals surface area contributed by atoms with E-state index >= 15 is 0 Å². The molecule has 2 aliphatic rings. The smallest absolute Gasteiger partial charge is 0.243 e. The van der Waals surface area contributed by atoms with Crippen LogP contribution in [0.15, 0.2) is 33.7 Å². The van der Waals surface area contributed by atoms with Crippen molar-refractivity contribution in [2.45, 2.75) is 37.1 Å². The molecule has 2 aromatic rings. The van der Waals surface area contributed by atoms with Crippen molar-refractivity contribution in [1.82, 2.24) is 24.2 Å². The number of sulfonamides is 1. The second-order valence-electron chi connectivity index (χ2n) is 7.83. The molecule has 11 heteroatoms. The van der Waals surface area contributed by atoms with E-state index in [1.165, 1.54) is 16.4 Å². The lowest BCUT2D eigenvalue weighted by Crippen LogP contribution is -2.48. The van der Waals surface area contributed by atoms with Crippen molar-refractivity contribution in [2.24, 2.45) is 0 Å². The van der Waals surface area contributed by atoms with Crippen LogP contribution in [0, 0.1) is 5.82 Å². The van der Waals surface area contributed by atoms with Gasteiger partial charge in [0.05, 0.1) is 11.4 Å². The predicted molar refractivity (Wildman–Crippen MR) is 109 cm³/mol. The lowest BCUT2D eigenvalue weighted by atomic mass is 10.3. The Kier molecular flexibility index (Phi) is 6.63. The van der Waals surface area contributed by atoms with E-state index in [2.05, 4.69) is 15.0 Å². The van der Waals surface area contributed by atoms with Gasteiger partial charge < -0.3 is 9.42 Å². The highest BCUT2D eigenvalue weighted by molar-refractivity contribution is 7.89. The molecule has 0 atom stereocenters. The standard InChI is InChI=1S/C20H26FN5O4S/c21-16-3-5-17(6-4-16)31(28,29)26-13-11-24(12-14-26)15-18-22-19(30-23-18)7-8-20(27)25-9-1-2-10-25/h3-6H,1-2,7-15H2. The van der Waals surface area contributed by atoms with E-state index in [0.717, 1.165) is 38.1 Å². The number of hydrogen-bond acceptors (Lipinski definition) is 7. The summed E-state index contributed by atoms with van der Waals surface area (Å²) in [7, 11) is -3.64. The molecule has 3 heterocycles. The number of aryl methyl sites for hydroxylation is 1. The summed E-state index contributed by atoms with van der Waals surface area (Å²) >= 11 is 0. The monoisotopic (exact) mass is 451 g/mol.